The molecular weight excluding hydrogens is 1960 g/mol. The number of nitrogens with one attached hydrogen (secondary N) is 6. The highest BCUT2D eigenvalue weighted by Gasteiger charge is 2.53. The first kappa shape index (κ1) is 115. The minimum absolute atomic E-state index is 0.0885. The van der Waals surface area contributed by atoms with Crippen molar-refractivity contribution in [3.05, 3.63) is 132 Å². The van der Waals surface area contributed by atoms with Crippen molar-refractivity contribution in [2.75, 3.05) is 137 Å². The van der Waals surface area contributed by atoms with Crippen LogP contribution in [0, 0.1) is 5.92 Å². The van der Waals surface area contributed by atoms with Crippen molar-refractivity contribution in [1.82, 2.24) is 61.3 Å². The number of hydrogen-bond acceptors (Lipinski definition) is 32. The van der Waals surface area contributed by atoms with Crippen LogP contribution in [0.2, 0.25) is 0 Å². The fraction of sp³-hybridized carbons (Fsp3) is 0.618. The van der Waals surface area contributed by atoms with Gasteiger partial charge in [0.15, 0.2) is 43.1 Å². The average Bonchev–Trinajstić information content (AvgIpc) is 1.65. The monoisotopic (exact) mass is 2110 g/mol. The summed E-state index contributed by atoms with van der Waals surface area (Å²) in [6.45, 7) is 45.2. The molecule has 45 heteroatoms. The summed E-state index contributed by atoms with van der Waals surface area (Å²) in [5.74, 6) is -0.422. The lowest BCUT2D eigenvalue weighted by molar-refractivity contribution is -0.133. The van der Waals surface area contributed by atoms with Crippen LogP contribution in [0.25, 0.3) is 0 Å². The van der Waals surface area contributed by atoms with Gasteiger partial charge in [-0.05, 0) is 185 Å². The molecule has 21 N–H and O–H groups in total. The van der Waals surface area contributed by atoms with Gasteiger partial charge in [-0.1, -0.05) is 58.5 Å². The van der Waals surface area contributed by atoms with Crippen LogP contribution in [0.15, 0.2) is 132 Å². The molecule has 12 rings (SSSR count). The topological polar surface area (TPSA) is 538 Å². The van der Waals surface area contributed by atoms with Crippen LogP contribution in [0.1, 0.15) is 58.8 Å². The lowest BCUT2D eigenvalue weighted by Gasteiger charge is -2.39. The molecule has 12 aliphatic rings. The molecule has 3 unspecified atom stereocenters. The molecule has 0 aromatic carbocycles. The van der Waals surface area contributed by atoms with Gasteiger partial charge in [-0.25, -0.2) is 0 Å². The zero-order chi connectivity index (χ0) is 101. The second-order valence-electron chi connectivity index (χ2n) is 39.7. The summed E-state index contributed by atoms with van der Waals surface area (Å²) in [7, 11) is 0. The highest BCUT2D eigenvalue weighted by Crippen LogP contribution is 2.46. The Morgan fingerprint density at radius 2 is 0.672 bits per heavy atom. The van der Waals surface area contributed by atoms with E-state index in [2.05, 4.69) is 189 Å². The highest BCUT2D eigenvalue weighted by atomic mass is 127. The predicted octanol–water partition coefficient (Wildman–Crippen LogP) is 0.617. The first-order valence-corrected chi connectivity index (χ1v) is 63.5. The molecule has 8 fully saturated rings. The van der Waals surface area contributed by atoms with Crippen LogP contribution >= 0.6 is 63.9 Å². The minimum Gasteiger partial charge on any atom is -0.502 e. The van der Waals surface area contributed by atoms with Gasteiger partial charge in [0.05, 0.1) is 57.9 Å². The summed E-state index contributed by atoms with van der Waals surface area (Å²) in [6, 6.07) is 0. The number of amides is 6. The van der Waals surface area contributed by atoms with E-state index in [1.54, 1.807) is 64.2 Å². The smallest absolute Gasteiger partial charge is 0.293 e. The van der Waals surface area contributed by atoms with E-state index in [0.29, 0.717) is 103 Å². The Morgan fingerprint density at radius 1 is 0.388 bits per heavy atom. The maximum absolute atomic E-state index is 12.0. The minimum atomic E-state index is -1.26. The number of carbonyl (C=O) groups is 6. The molecule has 134 heavy (non-hydrogen) atoms. The Labute approximate surface area is 803 Å². The molecule has 8 saturated heterocycles. The van der Waals surface area contributed by atoms with Gasteiger partial charge in [0, 0.05) is 50.2 Å². The van der Waals surface area contributed by atoms with Crippen LogP contribution < -0.4 is 37.6 Å². The van der Waals surface area contributed by atoms with Crippen molar-refractivity contribution in [2.45, 2.75) is 206 Å². The van der Waals surface area contributed by atoms with Gasteiger partial charge < -0.3 is 162 Å². The van der Waals surface area contributed by atoms with E-state index in [9.17, 15) is 95.2 Å². The van der Waals surface area contributed by atoms with Crippen molar-refractivity contribution < 1.29 is 124 Å². The van der Waals surface area contributed by atoms with E-state index >= 15 is 0 Å². The SMILES string of the molecule is C=C1NC(=O)C(/C=C/CN)=CN1C1O[C@H](CCP(=C)(C)C)[C@@H](O)[C@H]1O.C=C1NC(=O)C(C)=CN1[C@@H]1O[C@H](CCP(=C)(C)C)[C@@H](O)[C@H]1O.C=C1NC(=O)C(C)CN1[C@@H]1O[C@H](CCP(=C)(C)C)[C@@H](O)[C@H]1O.C=C1NC(=O)C(I)=CN1[C@@H]1O[C@H](CCP(=C)(C)C)[C@@H](O)[C@H]1O.C=C1NC(=O)C(O)=CN1[C@@H]1O[C@H](CCP(=C)(C)C)[C@@H](O)[C@H]1O.C=C1NC(=O)CCN1C1O[C@H](CCP(=C)(C)C)[C@@H](O)[C@H]1O. The van der Waals surface area contributed by atoms with Crippen LogP contribution in [0.5, 0.6) is 0 Å². The maximum Gasteiger partial charge on any atom is 0.293 e. The van der Waals surface area contributed by atoms with Gasteiger partial charge in [-0.15, -0.1) is 79.1 Å². The molecule has 25 atom stereocenters. The lowest BCUT2D eigenvalue weighted by atomic mass is 10.1. The number of nitrogens with zero attached hydrogens (tertiary/aromatic N) is 6. The third-order valence-electron chi connectivity index (χ3n) is 23.5. The molecule has 0 aromatic rings. The van der Waals surface area contributed by atoms with Gasteiger partial charge in [0.1, 0.15) is 108 Å². The van der Waals surface area contributed by atoms with Crippen LogP contribution in [-0.2, 0) is 57.2 Å². The molecular formula is C89H150IN13O25P6. The Morgan fingerprint density at radius 3 is 1.01 bits per heavy atom. The second-order valence-corrected chi connectivity index (χ2v) is 66.7. The van der Waals surface area contributed by atoms with Crippen molar-refractivity contribution in [3.8, 4) is 0 Å². The molecule has 0 spiro atoms. The summed E-state index contributed by atoms with van der Waals surface area (Å²) < 4.78 is 35.4. The van der Waals surface area contributed by atoms with E-state index in [-0.39, 0.29) is 47.1 Å². The number of carbonyl (C=O) groups excluding carboxylic acids is 6. The molecule has 12 heterocycles. The van der Waals surface area contributed by atoms with Crippen LogP contribution in [0.3, 0.4) is 0 Å². The van der Waals surface area contributed by atoms with E-state index in [1.807, 2.05) is 22.6 Å². The summed E-state index contributed by atoms with van der Waals surface area (Å²) in [5, 5.41) is 148. The largest absolute Gasteiger partial charge is 0.502 e. The molecule has 758 valence electrons. The van der Waals surface area contributed by atoms with E-state index in [1.165, 1.54) is 9.80 Å². The summed E-state index contributed by atoms with van der Waals surface area (Å²) >= 11 is 1.90. The van der Waals surface area contributed by atoms with Gasteiger partial charge in [0.25, 0.3) is 23.6 Å². The number of aliphatic hydroxyl groups excluding tert-OH is 13. The standard InChI is InChI=1S/C17H28N3O4P.C15H27N2O4P.C15H25N2O4P.C14H22IN2O4P.C14H23N2O5P.C14H25N2O4P/c1-11-19-16(23)12(6-5-8-18)10-20(11)17-15(22)14(21)13(24-17)7-9-25(2,3)4;2*1-9-8-17(10(2)16-14(9)20)15-13(19)12(18)11(21-15)6-7-22(3,4)5;1-8-16-13(20)9(15)7-17(8)14-12(19)11(18)10(21-14)5-6-22(2,3)4;1-8-15-13(20)9(17)7-16(8)14-12(19)11(18)10(21-14)5-6-22(2,3)4;1-9-15-11(17)5-7-16(9)14-13(19)12(18)10(20-14)6-8-21(2,3)4/h5-6,10,13-15,17,21-22H,1-2,7-9,18H2,3-4H3,(H,19,23);9,11-13,15,18-19H,2-3,6-8H2,1,4-5H3,(H,16,20);8,11-13,15,18-19H,2-3,6-7H2,1,4-5H3,(H,16,20);7,10-12,14,18-19H,1-2,5-6H2,3-4H3,(H,16,20);7,10-12,14,17-19H,1-2,5-6H2,3-4H3,(H,15,20);10,12-14,18-19H,1-2,5-8H2,3-4H3,(H,15,17)/b6-5+;;;;;/t13-,14-,15-,17?;9?,11-,12-,13-,15-;11-,12-,13-,15-;2*10-,11-,12-,14-;10-,12-,13-,14?/m111111/s1. The number of aliphatic hydroxyl groups is 13. The number of rotatable bonds is 26. The number of ether oxygens (including phenoxy) is 6. The maximum atomic E-state index is 12.0. The molecule has 0 radical (unpaired) electrons. The molecule has 12 aliphatic heterocycles. The predicted molar refractivity (Wildman–Crippen MR) is 547 cm³/mol. The van der Waals surface area contributed by atoms with Crippen molar-refractivity contribution in [2.24, 2.45) is 11.7 Å². The van der Waals surface area contributed by atoms with E-state index in [4.69, 9.17) is 34.2 Å². The van der Waals surface area contributed by atoms with Gasteiger partial charge >= 0.3 is 0 Å². The zero-order valence-electron chi connectivity index (χ0n) is 79.7. The third kappa shape index (κ3) is 32.4. The third-order valence-corrected chi connectivity index (χ3v) is 33.1. The van der Waals surface area contributed by atoms with Gasteiger partial charge in [0.2, 0.25) is 11.8 Å². The summed E-state index contributed by atoms with van der Waals surface area (Å²) in [6.07, 6.45) is 23.7. The highest BCUT2D eigenvalue weighted by molar-refractivity contribution is 14.1. The molecule has 38 nitrogen and oxygen atoms in total. The molecule has 6 amide bonds. The second kappa shape index (κ2) is 48.2. The summed E-state index contributed by atoms with van der Waals surface area (Å²) in [4.78, 5) is 78.8. The Bertz CT molecular complexity index is 4550. The fourth-order valence-corrected chi connectivity index (χ4v) is 21.7. The number of hydrogen-bond donors (Lipinski definition) is 20. The quantitative estimate of drug-likeness (QED) is 0.0417. The molecule has 0 aromatic heterocycles. The van der Waals surface area contributed by atoms with Crippen molar-refractivity contribution in [1.29, 1.82) is 0 Å². The van der Waals surface area contributed by atoms with Crippen molar-refractivity contribution in [3.63, 3.8) is 0 Å². The Balaban J connectivity index is 0.000000220. The van der Waals surface area contributed by atoms with E-state index < -0.39 is 200 Å². The Kier molecular flexibility index (Phi) is 41.5. The fourth-order valence-electron chi connectivity index (χ4n) is 15.6. The van der Waals surface area contributed by atoms with Gasteiger partial charge in [-0.2, -0.15) is 0 Å². The van der Waals surface area contributed by atoms with Crippen molar-refractivity contribution >= 4 is 137 Å². The molecule has 0 aliphatic carbocycles. The zero-order valence-corrected chi connectivity index (χ0v) is 87.3. The van der Waals surface area contributed by atoms with E-state index in [0.717, 1.165) is 43.2 Å². The molecule has 0 bridgehead atoms. The first-order valence-electron chi connectivity index (χ1n) is 44.1. The molecule has 0 saturated carbocycles. The lowest BCUT2D eigenvalue weighted by Crippen LogP contribution is -2.54. The van der Waals surface area contributed by atoms with Gasteiger partial charge in [-0.3, -0.25) is 28.8 Å². The Hall–Kier alpha value is -5.67. The summed E-state index contributed by atoms with van der Waals surface area (Å²) in [5.41, 5.74) is 6.29. The normalized spacial score (nSPS) is 33.3. The van der Waals surface area contributed by atoms with Crippen LogP contribution in [0.4, 0.5) is 0 Å². The number of nitrogens with two attached hydrogens (primary N) is 1. The van der Waals surface area contributed by atoms with Crippen LogP contribution in [-0.4, -0.2) is 453 Å². The first-order chi connectivity index (χ1) is 61.7. The average molecular weight is 2110 g/mol. The number of halogens is 1.